The van der Waals surface area contributed by atoms with Crippen LogP contribution >= 0.6 is 11.6 Å². The monoisotopic (exact) mass is 418 g/mol. The second-order valence-electron chi connectivity index (χ2n) is 6.33. The molecule has 0 saturated carbocycles. The Balaban J connectivity index is 1.91. The summed E-state index contributed by atoms with van der Waals surface area (Å²) in [7, 11) is 2.80. The van der Waals surface area contributed by atoms with Gasteiger partial charge in [0.2, 0.25) is 11.2 Å². The van der Waals surface area contributed by atoms with Crippen molar-refractivity contribution in [1.29, 1.82) is 0 Å². The van der Waals surface area contributed by atoms with E-state index in [0.29, 0.717) is 17.8 Å². The van der Waals surface area contributed by atoms with Crippen molar-refractivity contribution >= 4 is 40.3 Å². The molecule has 0 aliphatic rings. The van der Waals surface area contributed by atoms with E-state index < -0.39 is 17.2 Å². The van der Waals surface area contributed by atoms with Gasteiger partial charge < -0.3 is 10.6 Å². The van der Waals surface area contributed by atoms with Crippen molar-refractivity contribution in [2.24, 2.45) is 14.1 Å². The first kappa shape index (κ1) is 20.3. The maximum absolute atomic E-state index is 12.5. The Morgan fingerprint density at radius 2 is 1.90 bits per heavy atom. The van der Waals surface area contributed by atoms with Crippen molar-refractivity contribution in [3.05, 3.63) is 56.0 Å². The first-order chi connectivity index (χ1) is 13.7. The van der Waals surface area contributed by atoms with E-state index in [4.69, 9.17) is 11.6 Å². The number of halogens is 1. The van der Waals surface area contributed by atoms with E-state index in [0.717, 1.165) is 4.57 Å². The van der Waals surface area contributed by atoms with Crippen LogP contribution < -0.4 is 21.9 Å². The van der Waals surface area contributed by atoms with E-state index >= 15 is 0 Å². The summed E-state index contributed by atoms with van der Waals surface area (Å²) in [4.78, 5) is 53.1. The van der Waals surface area contributed by atoms with Gasteiger partial charge in [-0.2, -0.15) is 4.98 Å². The minimum absolute atomic E-state index is 0.0471. The molecule has 2 N–H and O–H groups in total. The fourth-order valence-electron chi connectivity index (χ4n) is 2.91. The second kappa shape index (κ2) is 7.92. The maximum Gasteiger partial charge on any atom is 0.332 e. The van der Waals surface area contributed by atoms with Crippen LogP contribution in [-0.4, -0.2) is 37.0 Å². The molecule has 0 bridgehead atoms. The zero-order valence-corrected chi connectivity index (χ0v) is 16.8. The number of imidazole rings is 1. The van der Waals surface area contributed by atoms with Crippen LogP contribution in [0.15, 0.2) is 33.9 Å². The highest BCUT2D eigenvalue weighted by atomic mass is 35.5. The predicted molar refractivity (Wildman–Crippen MR) is 108 cm³/mol. The molecule has 2 aromatic heterocycles. The van der Waals surface area contributed by atoms with Crippen LogP contribution in [0, 0.1) is 0 Å². The van der Waals surface area contributed by atoms with E-state index in [9.17, 15) is 19.2 Å². The fraction of sp³-hybridized carbons (Fsp3) is 0.278. The van der Waals surface area contributed by atoms with Crippen LogP contribution in [0.3, 0.4) is 0 Å². The first-order valence-electron chi connectivity index (χ1n) is 8.74. The number of aryl methyl sites for hydroxylation is 1. The van der Waals surface area contributed by atoms with E-state index in [2.05, 4.69) is 15.6 Å². The lowest BCUT2D eigenvalue weighted by molar-refractivity contribution is -0.116. The number of anilines is 1. The molecule has 152 valence electrons. The Labute approximate surface area is 169 Å². The Kier molecular flexibility index (Phi) is 5.55. The van der Waals surface area contributed by atoms with Crippen LogP contribution in [0.4, 0.5) is 5.69 Å². The minimum Gasteiger partial charge on any atom is -0.352 e. The molecule has 1 aromatic carbocycles. The molecular weight excluding hydrogens is 400 g/mol. The van der Waals surface area contributed by atoms with Crippen LogP contribution in [0.25, 0.3) is 11.2 Å². The lowest BCUT2D eigenvalue weighted by Crippen LogP contribution is -2.37. The molecule has 2 heterocycles. The zero-order valence-electron chi connectivity index (χ0n) is 16.0. The van der Waals surface area contributed by atoms with Gasteiger partial charge in [0.05, 0.1) is 0 Å². The van der Waals surface area contributed by atoms with Gasteiger partial charge in [-0.15, -0.1) is 0 Å². The third-order valence-corrected chi connectivity index (χ3v) is 4.64. The van der Waals surface area contributed by atoms with Crippen LogP contribution in [0.2, 0.25) is 5.28 Å². The molecule has 0 unspecified atom stereocenters. The standard InChI is InChI=1S/C18H19ClN6O4/c1-4-20-15(27)10-6-5-7-11(8-10)21-12(26)9-25-13-14(22-17(25)19)23(2)18(29)24(3)16(13)28/h5-8H,4,9H2,1-3H3,(H,20,27)(H,21,26). The van der Waals surface area contributed by atoms with Gasteiger partial charge in [-0.25, -0.2) is 4.79 Å². The summed E-state index contributed by atoms with van der Waals surface area (Å²) in [6.45, 7) is 2.00. The summed E-state index contributed by atoms with van der Waals surface area (Å²) in [5, 5.41) is 5.25. The van der Waals surface area contributed by atoms with Gasteiger partial charge in [-0.05, 0) is 36.7 Å². The second-order valence-corrected chi connectivity index (χ2v) is 6.67. The third-order valence-electron chi connectivity index (χ3n) is 4.35. The van der Waals surface area contributed by atoms with Gasteiger partial charge in [0.25, 0.3) is 11.5 Å². The van der Waals surface area contributed by atoms with Gasteiger partial charge in [-0.1, -0.05) is 6.07 Å². The minimum atomic E-state index is -0.603. The van der Waals surface area contributed by atoms with Crippen molar-refractivity contribution < 1.29 is 9.59 Å². The molecule has 0 atom stereocenters. The normalized spacial score (nSPS) is 10.9. The highest BCUT2D eigenvalue weighted by Gasteiger charge is 2.20. The molecule has 0 fully saturated rings. The molecule has 11 heteroatoms. The average Bonchev–Trinajstić information content (AvgIpc) is 3.01. The summed E-state index contributed by atoms with van der Waals surface area (Å²) >= 11 is 6.12. The highest BCUT2D eigenvalue weighted by Crippen LogP contribution is 2.16. The Morgan fingerprint density at radius 3 is 2.59 bits per heavy atom. The van der Waals surface area contributed by atoms with Crippen LogP contribution in [0.5, 0.6) is 0 Å². The molecule has 0 aliphatic carbocycles. The lowest BCUT2D eigenvalue weighted by atomic mass is 10.2. The topological polar surface area (TPSA) is 120 Å². The summed E-state index contributed by atoms with van der Waals surface area (Å²) in [5.41, 5.74) is -0.192. The van der Waals surface area contributed by atoms with Crippen molar-refractivity contribution in [2.45, 2.75) is 13.5 Å². The number of aromatic nitrogens is 4. The van der Waals surface area contributed by atoms with E-state index in [1.165, 1.54) is 23.2 Å². The predicted octanol–water partition coefficient (Wildman–Crippen LogP) is 0.476. The molecule has 0 aliphatic heterocycles. The van der Waals surface area contributed by atoms with Crippen molar-refractivity contribution in [2.75, 3.05) is 11.9 Å². The summed E-state index contributed by atoms with van der Waals surface area (Å²) in [6.07, 6.45) is 0. The largest absolute Gasteiger partial charge is 0.352 e. The van der Waals surface area contributed by atoms with E-state index in [1.807, 2.05) is 6.92 Å². The molecule has 0 radical (unpaired) electrons. The quantitative estimate of drug-likeness (QED) is 0.584. The van der Waals surface area contributed by atoms with Crippen LogP contribution in [-0.2, 0) is 25.4 Å². The van der Waals surface area contributed by atoms with Gasteiger partial charge in [0.15, 0.2) is 11.2 Å². The number of amides is 2. The number of benzene rings is 1. The number of carbonyl (C=O) groups excluding carboxylic acids is 2. The maximum atomic E-state index is 12.5. The van der Waals surface area contributed by atoms with Crippen molar-refractivity contribution in [1.82, 2.24) is 24.0 Å². The number of rotatable bonds is 5. The molecule has 0 spiro atoms. The van der Waals surface area contributed by atoms with Gasteiger partial charge in [0.1, 0.15) is 6.54 Å². The molecule has 3 aromatic rings. The lowest BCUT2D eigenvalue weighted by Gasteiger charge is -2.09. The molecule has 0 saturated heterocycles. The molecular formula is C18H19ClN6O4. The van der Waals surface area contributed by atoms with Gasteiger partial charge in [0, 0.05) is 31.9 Å². The third kappa shape index (κ3) is 3.79. The smallest absolute Gasteiger partial charge is 0.332 e. The number of carbonyl (C=O) groups is 2. The Bertz CT molecular complexity index is 1240. The van der Waals surface area contributed by atoms with Crippen molar-refractivity contribution in [3.8, 4) is 0 Å². The van der Waals surface area contributed by atoms with E-state index in [1.54, 1.807) is 24.3 Å². The number of hydrogen-bond donors (Lipinski definition) is 2. The number of fused-ring (bicyclic) bond motifs is 1. The average molecular weight is 419 g/mol. The van der Waals surface area contributed by atoms with Crippen LogP contribution in [0.1, 0.15) is 17.3 Å². The highest BCUT2D eigenvalue weighted by molar-refractivity contribution is 6.29. The number of nitrogens with zero attached hydrogens (tertiary/aromatic N) is 4. The van der Waals surface area contributed by atoms with Gasteiger partial charge in [-0.3, -0.25) is 28.1 Å². The molecule has 3 rings (SSSR count). The molecule has 2 amide bonds. The zero-order chi connectivity index (χ0) is 21.3. The Hall–Kier alpha value is -3.40. The number of nitrogens with one attached hydrogen (secondary N) is 2. The van der Waals surface area contributed by atoms with Gasteiger partial charge >= 0.3 is 5.69 Å². The van der Waals surface area contributed by atoms with Crippen molar-refractivity contribution in [3.63, 3.8) is 0 Å². The first-order valence-corrected chi connectivity index (χ1v) is 9.12. The Morgan fingerprint density at radius 1 is 1.17 bits per heavy atom. The molecule has 29 heavy (non-hydrogen) atoms. The summed E-state index contributed by atoms with van der Waals surface area (Å²) in [5.74, 6) is -0.730. The fourth-order valence-corrected chi connectivity index (χ4v) is 3.13. The number of hydrogen-bond acceptors (Lipinski definition) is 5. The summed E-state index contributed by atoms with van der Waals surface area (Å²) in [6, 6.07) is 6.45. The summed E-state index contributed by atoms with van der Waals surface area (Å²) < 4.78 is 3.35. The van der Waals surface area contributed by atoms with E-state index in [-0.39, 0.29) is 28.9 Å². The SMILES string of the molecule is CCNC(=O)c1cccc(NC(=O)Cn2c(Cl)nc3c2c(=O)n(C)c(=O)n3C)c1. The molecule has 10 nitrogen and oxygen atoms in total.